The minimum absolute atomic E-state index is 0.191. The number of hydrogen-bond donors (Lipinski definition) is 0. The van der Waals surface area contributed by atoms with Crippen LogP contribution in [0.1, 0.15) is 15.9 Å². The molecule has 46 heavy (non-hydrogen) atoms. The van der Waals surface area contributed by atoms with E-state index in [2.05, 4.69) is 0 Å². The van der Waals surface area contributed by atoms with Gasteiger partial charge in [0.15, 0.2) is 29.1 Å². The van der Waals surface area contributed by atoms with Crippen LogP contribution in [0.25, 0.3) is 0 Å². The summed E-state index contributed by atoms with van der Waals surface area (Å²) in [5.41, 5.74) is 0.878. The second-order valence-electron chi connectivity index (χ2n) is 9.37. The Kier molecular flexibility index (Phi) is 9.75. The van der Waals surface area contributed by atoms with Gasteiger partial charge in [-0.25, -0.2) is 22.0 Å². The molecule has 0 N–H and O–H groups in total. The van der Waals surface area contributed by atoms with Crippen LogP contribution in [0.2, 0.25) is 0 Å². The molecule has 1 atom stereocenters. The van der Waals surface area contributed by atoms with Gasteiger partial charge in [-0.1, -0.05) is 54.2 Å². The lowest BCUT2D eigenvalue weighted by Crippen LogP contribution is -2.61. The van der Waals surface area contributed by atoms with Gasteiger partial charge in [-0.15, -0.1) is 0 Å². The molecule has 0 aliphatic rings. The number of benzene rings is 5. The normalized spacial score (nSPS) is 13.6. The first-order valence-corrected chi connectivity index (χ1v) is 16.5. The van der Waals surface area contributed by atoms with Crippen molar-refractivity contribution in [2.75, 3.05) is 7.11 Å². The number of ether oxygens (including phenoxy) is 1. The monoisotopic (exact) mass is 694 g/mol. The van der Waals surface area contributed by atoms with E-state index in [-0.39, 0.29) is 16.4 Å². The van der Waals surface area contributed by atoms with Crippen LogP contribution in [0.5, 0.6) is 5.75 Å². The number of hydrogen-bond acceptors (Lipinski definition) is 7. The van der Waals surface area contributed by atoms with E-state index in [1.807, 2.05) is 0 Å². The van der Waals surface area contributed by atoms with Crippen molar-refractivity contribution >= 4 is 27.9 Å². The van der Waals surface area contributed by atoms with E-state index in [0.29, 0.717) is 20.9 Å². The first-order chi connectivity index (χ1) is 21.9. The molecular weight excluding hydrogens is 675 g/mol. The van der Waals surface area contributed by atoms with Gasteiger partial charge in [-0.05, 0) is 60.7 Å². The largest absolute Gasteiger partial charge is 0.497 e. The molecular formula is C32H20ClF5O6S2. The summed E-state index contributed by atoms with van der Waals surface area (Å²) < 4.78 is 120. The smallest absolute Gasteiger partial charge is 0.200 e. The van der Waals surface area contributed by atoms with E-state index in [1.165, 1.54) is 31.4 Å². The Morgan fingerprint density at radius 2 is 1.17 bits per heavy atom. The molecule has 0 aromatic heterocycles. The van der Waals surface area contributed by atoms with Crippen LogP contribution in [0.15, 0.2) is 128 Å². The zero-order valence-electron chi connectivity index (χ0n) is 23.3. The summed E-state index contributed by atoms with van der Waals surface area (Å²) in [5, 5.41) is 0. The number of carbonyl (C=O) groups is 1. The van der Waals surface area contributed by atoms with E-state index < -0.39 is 59.4 Å². The van der Waals surface area contributed by atoms with Gasteiger partial charge < -0.3 is 4.74 Å². The molecule has 0 aliphatic heterocycles. The van der Waals surface area contributed by atoms with Crippen molar-refractivity contribution in [1.82, 2.24) is 0 Å². The summed E-state index contributed by atoms with van der Waals surface area (Å²) >= 11 is 1.16. The molecule has 0 amide bonds. The molecule has 0 radical (unpaired) electrons. The van der Waals surface area contributed by atoms with E-state index in [9.17, 15) is 31.9 Å². The summed E-state index contributed by atoms with van der Waals surface area (Å²) in [6.45, 7) is 0. The standard InChI is InChI=1S/C32H20ClF5O6S2/c1-43-21-10-14-24(15-11-21)46(44-33(40,41)42,32-29(37)27(35)26(34)28(36)30(32)38)25-16-12-22(13-17-25)45-23-9-5-8-20(18-23)31(39)19-6-3-2-4-7-19/h2-18H,1H3. The molecule has 0 saturated heterocycles. The van der Waals surface area contributed by atoms with Crippen LogP contribution >= 0.6 is 22.1 Å². The minimum atomic E-state index is -5.52. The fourth-order valence-electron chi connectivity index (χ4n) is 4.49. The highest BCUT2D eigenvalue weighted by atomic mass is 35.7. The third-order valence-corrected chi connectivity index (χ3v) is 11.7. The van der Waals surface area contributed by atoms with Gasteiger partial charge in [0.1, 0.15) is 24.7 Å². The SMILES string of the molecule is COc1ccc(S(O[Cl+3]([O-])([O-])[O-])(c2ccc(Sc3cccc(C(=O)c4ccccc4)c3)cc2)c2c(F)c(F)c(F)c(F)c2F)cc1. The van der Waals surface area contributed by atoms with Gasteiger partial charge in [0.05, 0.1) is 17.4 Å². The van der Waals surface area contributed by atoms with Gasteiger partial charge in [0.2, 0.25) is 5.82 Å². The fraction of sp³-hybridized carbons (Fsp3) is 0.0312. The van der Waals surface area contributed by atoms with Crippen LogP contribution in [0, 0.1) is 39.3 Å². The van der Waals surface area contributed by atoms with E-state index >= 15 is 8.78 Å². The molecule has 6 nitrogen and oxygen atoms in total. The number of halogens is 6. The predicted molar refractivity (Wildman–Crippen MR) is 150 cm³/mol. The van der Waals surface area contributed by atoms with E-state index in [4.69, 9.17) is 8.47 Å². The van der Waals surface area contributed by atoms with Crippen LogP contribution in [-0.4, -0.2) is 12.9 Å². The lowest BCUT2D eigenvalue weighted by Gasteiger charge is -2.35. The molecule has 0 spiro atoms. The van der Waals surface area contributed by atoms with Gasteiger partial charge in [-0.2, -0.15) is 14.0 Å². The number of ketones is 1. The molecule has 0 aliphatic carbocycles. The van der Waals surface area contributed by atoms with Crippen LogP contribution in [-0.2, 0) is 3.74 Å². The average molecular weight is 695 g/mol. The first-order valence-electron chi connectivity index (χ1n) is 12.9. The quantitative estimate of drug-likeness (QED) is 0.0778. The minimum Gasteiger partial charge on any atom is -0.497 e. The van der Waals surface area contributed by atoms with Crippen molar-refractivity contribution in [3.8, 4) is 5.75 Å². The van der Waals surface area contributed by atoms with Gasteiger partial charge >= 0.3 is 0 Å². The Bertz CT molecular complexity index is 1860. The molecule has 238 valence electrons. The topological polar surface area (TPSA) is 105 Å². The maximum Gasteiger partial charge on any atom is 0.200 e. The summed E-state index contributed by atoms with van der Waals surface area (Å²) in [7, 11) is -8.73. The molecule has 0 heterocycles. The van der Waals surface area contributed by atoms with Crippen molar-refractivity contribution in [1.29, 1.82) is 0 Å². The number of methoxy groups -OCH3 is 1. The Morgan fingerprint density at radius 1 is 0.652 bits per heavy atom. The number of rotatable bonds is 10. The van der Waals surface area contributed by atoms with Crippen molar-refractivity contribution in [2.24, 2.45) is 0 Å². The Morgan fingerprint density at radius 3 is 1.72 bits per heavy atom. The molecule has 5 rings (SSSR count). The third-order valence-electron chi connectivity index (χ3n) is 6.54. The van der Waals surface area contributed by atoms with Gasteiger partial charge in [0, 0.05) is 30.7 Å². The molecule has 1 unspecified atom stereocenters. The number of carbonyl (C=O) groups excluding carboxylic acids is 1. The molecule has 5 aromatic carbocycles. The fourth-order valence-corrected chi connectivity index (χ4v) is 9.59. The highest BCUT2D eigenvalue weighted by Crippen LogP contribution is 2.71. The molecule has 5 aromatic rings. The van der Waals surface area contributed by atoms with Crippen LogP contribution < -0.4 is 18.7 Å². The second-order valence-corrected chi connectivity index (χ2v) is 14.2. The first kappa shape index (κ1) is 33.4. The summed E-state index contributed by atoms with van der Waals surface area (Å²) in [6, 6.07) is 24.9. The third kappa shape index (κ3) is 6.62. The Hall–Kier alpha value is -3.95. The lowest BCUT2D eigenvalue weighted by atomic mass is 10.0. The molecule has 0 bridgehead atoms. The predicted octanol–water partition coefficient (Wildman–Crippen LogP) is 5.88. The Balaban J connectivity index is 1.64. The van der Waals surface area contributed by atoms with Crippen LogP contribution in [0.4, 0.5) is 22.0 Å². The maximum absolute atomic E-state index is 15.4. The average Bonchev–Trinajstić information content (AvgIpc) is 3.06. The lowest BCUT2D eigenvalue weighted by molar-refractivity contribution is -1.91. The van der Waals surface area contributed by atoms with Crippen molar-refractivity contribution in [2.45, 2.75) is 24.5 Å². The second kappa shape index (κ2) is 13.4. The molecule has 14 heteroatoms. The van der Waals surface area contributed by atoms with E-state index in [0.717, 1.165) is 36.0 Å². The van der Waals surface area contributed by atoms with Crippen molar-refractivity contribution < 1.29 is 59.4 Å². The summed E-state index contributed by atoms with van der Waals surface area (Å²) in [5.74, 6) is -12.0. The van der Waals surface area contributed by atoms with Crippen molar-refractivity contribution in [3.63, 3.8) is 0 Å². The molecule has 0 saturated carbocycles. The highest BCUT2D eigenvalue weighted by Gasteiger charge is 2.52. The summed E-state index contributed by atoms with van der Waals surface area (Å²) in [6.07, 6.45) is 0. The summed E-state index contributed by atoms with van der Waals surface area (Å²) in [4.78, 5) is 11.6. The maximum atomic E-state index is 15.4. The van der Waals surface area contributed by atoms with Crippen molar-refractivity contribution in [3.05, 3.63) is 143 Å². The van der Waals surface area contributed by atoms with Crippen LogP contribution in [0.3, 0.4) is 0 Å². The van der Waals surface area contributed by atoms with E-state index in [1.54, 1.807) is 54.6 Å². The highest BCUT2D eigenvalue weighted by molar-refractivity contribution is 8.29. The van der Waals surface area contributed by atoms with Gasteiger partial charge in [0.25, 0.3) is 0 Å². The zero-order chi connectivity index (χ0) is 33.2. The molecule has 0 fully saturated rings. The van der Waals surface area contributed by atoms with Gasteiger partial charge in [-0.3, -0.25) is 4.79 Å². The Labute approximate surface area is 267 Å². The zero-order valence-corrected chi connectivity index (χ0v) is 25.7.